The first-order valence-corrected chi connectivity index (χ1v) is 11.8. The summed E-state index contributed by atoms with van der Waals surface area (Å²) in [7, 11) is 1.09. The summed E-state index contributed by atoms with van der Waals surface area (Å²) in [6.07, 6.45) is -2.02. The van der Waals surface area contributed by atoms with E-state index in [1.807, 2.05) is 0 Å². The lowest BCUT2D eigenvalue weighted by Crippen LogP contribution is -2.50. The Morgan fingerprint density at radius 1 is 1.29 bits per heavy atom. The number of halogens is 5. The molecule has 1 aliphatic heterocycles. The fourth-order valence-electron chi connectivity index (χ4n) is 4.20. The molecule has 1 saturated heterocycles. The molecule has 8 nitrogen and oxygen atoms in total. The minimum Gasteiger partial charge on any atom is -0.453 e. The van der Waals surface area contributed by atoms with Crippen LogP contribution in [0.1, 0.15) is 56.0 Å². The van der Waals surface area contributed by atoms with E-state index in [9.17, 15) is 26.7 Å². The Bertz CT molecular complexity index is 1190. The highest BCUT2D eigenvalue weighted by molar-refractivity contribution is 5.90. The quantitative estimate of drug-likeness (QED) is 0.370. The van der Waals surface area contributed by atoms with Crippen molar-refractivity contribution in [2.75, 3.05) is 24.3 Å². The SMILES string of the molecule is C/C=C(\c1ccc(NC(=O)OC)c(OC(F)F)c1C)c1nc(N[C@H]2CCC(C)(C)NC2)ncc1C(F)(F)F. The molecule has 1 atom stereocenters. The van der Waals surface area contributed by atoms with Gasteiger partial charge in [0.25, 0.3) is 0 Å². The summed E-state index contributed by atoms with van der Waals surface area (Å²) in [5, 5.41) is 8.73. The van der Waals surface area contributed by atoms with Gasteiger partial charge in [0, 0.05) is 35.5 Å². The van der Waals surface area contributed by atoms with E-state index >= 15 is 0 Å². The topological polar surface area (TPSA) is 97.4 Å². The predicted octanol–water partition coefficient (Wildman–Crippen LogP) is 5.98. The normalized spacial score (nSPS) is 17.8. The smallest absolute Gasteiger partial charge is 0.419 e. The number of alkyl halides is 5. The fraction of sp³-hybridized carbons (Fsp3) is 0.480. The predicted molar refractivity (Wildman–Crippen MR) is 132 cm³/mol. The molecule has 1 fully saturated rings. The van der Waals surface area contributed by atoms with Crippen molar-refractivity contribution in [2.24, 2.45) is 0 Å². The molecule has 2 heterocycles. The molecular weight excluding hydrogens is 513 g/mol. The first kappa shape index (κ1) is 29.1. The molecule has 3 rings (SSSR count). The van der Waals surface area contributed by atoms with E-state index in [1.54, 1.807) is 0 Å². The molecule has 0 radical (unpaired) electrons. The zero-order chi connectivity index (χ0) is 28.3. The van der Waals surface area contributed by atoms with Crippen LogP contribution >= 0.6 is 0 Å². The Kier molecular flexibility index (Phi) is 8.80. The zero-order valence-corrected chi connectivity index (χ0v) is 21.6. The van der Waals surface area contributed by atoms with Crippen molar-refractivity contribution in [2.45, 2.75) is 64.9 Å². The van der Waals surface area contributed by atoms with Gasteiger partial charge in [-0.25, -0.2) is 14.8 Å². The van der Waals surface area contributed by atoms with Crippen molar-refractivity contribution in [1.29, 1.82) is 0 Å². The summed E-state index contributed by atoms with van der Waals surface area (Å²) in [6.45, 7) is 4.34. The Labute approximate surface area is 217 Å². The average molecular weight is 544 g/mol. The number of anilines is 2. The molecule has 1 aliphatic rings. The molecule has 208 valence electrons. The van der Waals surface area contributed by atoms with E-state index in [-0.39, 0.29) is 39.9 Å². The second kappa shape index (κ2) is 11.5. The number of carbonyl (C=O) groups is 1. The standard InChI is InChI=1S/C25H30F5N5O3/c1-6-15(16-7-8-18(34-23(36)37-5)20(13(16)2)38-21(26)27)19-17(25(28,29)30)12-31-22(35-19)33-14-9-10-24(3,4)32-11-14/h6-8,12,14,21,32H,9-11H2,1-5H3,(H,34,36)(H,31,33,35)/b15-6+/t14-/m0/s1. The maximum Gasteiger partial charge on any atom is 0.419 e. The van der Waals surface area contributed by atoms with Gasteiger partial charge < -0.3 is 20.1 Å². The maximum atomic E-state index is 14.0. The van der Waals surface area contributed by atoms with Crippen LogP contribution in [-0.2, 0) is 10.9 Å². The van der Waals surface area contributed by atoms with Crippen molar-refractivity contribution < 1.29 is 36.2 Å². The Morgan fingerprint density at radius 2 is 2.00 bits per heavy atom. The van der Waals surface area contributed by atoms with Gasteiger partial charge in [-0.15, -0.1) is 0 Å². The summed E-state index contributed by atoms with van der Waals surface area (Å²) >= 11 is 0. The Hall–Kier alpha value is -3.48. The summed E-state index contributed by atoms with van der Waals surface area (Å²) in [5.74, 6) is -0.413. The summed E-state index contributed by atoms with van der Waals surface area (Å²) in [6, 6.07) is 2.53. The second-order valence-electron chi connectivity index (χ2n) is 9.41. The number of carbonyl (C=O) groups excluding carboxylic acids is 1. The number of piperidine rings is 1. The fourth-order valence-corrected chi connectivity index (χ4v) is 4.20. The number of methoxy groups -OCH3 is 1. The highest BCUT2D eigenvalue weighted by Crippen LogP contribution is 2.41. The van der Waals surface area contributed by atoms with E-state index in [1.165, 1.54) is 32.1 Å². The van der Waals surface area contributed by atoms with Crippen LogP contribution in [0.25, 0.3) is 5.57 Å². The third-order valence-electron chi connectivity index (χ3n) is 6.24. The molecule has 13 heteroatoms. The molecule has 1 amide bonds. The van der Waals surface area contributed by atoms with Crippen LogP contribution in [0.15, 0.2) is 24.4 Å². The highest BCUT2D eigenvalue weighted by atomic mass is 19.4. The molecule has 38 heavy (non-hydrogen) atoms. The average Bonchev–Trinajstić information content (AvgIpc) is 2.83. The van der Waals surface area contributed by atoms with Gasteiger partial charge in [0.1, 0.15) is 5.56 Å². The van der Waals surface area contributed by atoms with E-state index in [0.717, 1.165) is 20.0 Å². The van der Waals surface area contributed by atoms with E-state index in [2.05, 4.69) is 49.2 Å². The van der Waals surface area contributed by atoms with Crippen molar-refractivity contribution in [1.82, 2.24) is 15.3 Å². The molecular formula is C25H30F5N5O3. The molecule has 0 aliphatic carbocycles. The number of benzene rings is 1. The minimum absolute atomic E-state index is 0.00420. The van der Waals surface area contributed by atoms with Crippen LogP contribution in [0.4, 0.5) is 38.4 Å². The Balaban J connectivity index is 2.08. The van der Waals surface area contributed by atoms with E-state index in [4.69, 9.17) is 0 Å². The van der Waals surface area contributed by atoms with E-state index < -0.39 is 35.9 Å². The number of rotatable bonds is 7. The third kappa shape index (κ3) is 6.88. The lowest BCUT2D eigenvalue weighted by Gasteiger charge is -2.36. The van der Waals surface area contributed by atoms with Gasteiger partial charge in [0.2, 0.25) is 5.95 Å². The van der Waals surface area contributed by atoms with Gasteiger partial charge >= 0.3 is 18.9 Å². The number of nitrogens with one attached hydrogen (secondary N) is 3. The van der Waals surface area contributed by atoms with Crippen LogP contribution in [0.3, 0.4) is 0 Å². The number of nitrogens with zero attached hydrogens (tertiary/aromatic N) is 2. The highest BCUT2D eigenvalue weighted by Gasteiger charge is 2.37. The first-order valence-electron chi connectivity index (χ1n) is 11.8. The number of hydrogen-bond donors (Lipinski definition) is 3. The molecule has 0 bridgehead atoms. The number of ether oxygens (including phenoxy) is 2. The van der Waals surface area contributed by atoms with E-state index in [0.29, 0.717) is 12.7 Å². The molecule has 1 aromatic heterocycles. The first-order chi connectivity index (χ1) is 17.8. The maximum absolute atomic E-state index is 14.0. The van der Waals surface area contributed by atoms with Crippen molar-refractivity contribution in [3.05, 3.63) is 46.8 Å². The molecule has 0 unspecified atom stereocenters. The lowest BCUT2D eigenvalue weighted by molar-refractivity contribution is -0.138. The molecule has 2 aromatic rings. The zero-order valence-electron chi connectivity index (χ0n) is 21.6. The van der Waals surface area contributed by atoms with Gasteiger partial charge in [-0.05, 0) is 52.2 Å². The number of allylic oxidation sites excluding steroid dienone is 1. The van der Waals surface area contributed by atoms with Gasteiger partial charge in [-0.3, -0.25) is 5.32 Å². The summed E-state index contributed by atoms with van der Waals surface area (Å²) < 4.78 is 77.6. The van der Waals surface area contributed by atoms with Crippen LogP contribution in [0.2, 0.25) is 0 Å². The Morgan fingerprint density at radius 3 is 2.55 bits per heavy atom. The van der Waals surface area contributed by atoms with Crippen molar-refractivity contribution in [3.63, 3.8) is 0 Å². The molecule has 1 aromatic carbocycles. The number of hydrogen-bond acceptors (Lipinski definition) is 7. The van der Waals surface area contributed by atoms with Gasteiger partial charge in [0.15, 0.2) is 5.75 Å². The van der Waals surface area contributed by atoms with Crippen LogP contribution < -0.4 is 20.7 Å². The summed E-state index contributed by atoms with van der Waals surface area (Å²) in [4.78, 5) is 19.8. The number of amides is 1. The minimum atomic E-state index is -4.79. The van der Waals surface area contributed by atoms with Gasteiger partial charge in [-0.2, -0.15) is 22.0 Å². The van der Waals surface area contributed by atoms with Crippen molar-refractivity contribution >= 4 is 23.3 Å². The molecule has 0 spiro atoms. The van der Waals surface area contributed by atoms with Gasteiger partial charge in [-0.1, -0.05) is 12.1 Å². The third-order valence-corrected chi connectivity index (χ3v) is 6.24. The lowest BCUT2D eigenvalue weighted by atomic mass is 9.91. The van der Waals surface area contributed by atoms with Crippen LogP contribution in [-0.4, -0.2) is 47.9 Å². The van der Waals surface area contributed by atoms with Gasteiger partial charge in [0.05, 0.1) is 18.5 Å². The summed E-state index contributed by atoms with van der Waals surface area (Å²) in [5.41, 5.74) is -1.48. The van der Waals surface area contributed by atoms with Crippen LogP contribution in [0.5, 0.6) is 5.75 Å². The molecule has 0 saturated carbocycles. The monoisotopic (exact) mass is 543 g/mol. The van der Waals surface area contributed by atoms with Crippen molar-refractivity contribution in [3.8, 4) is 5.75 Å². The number of aromatic nitrogens is 2. The van der Waals surface area contributed by atoms with Crippen LogP contribution in [0, 0.1) is 6.92 Å². The second-order valence-corrected chi connectivity index (χ2v) is 9.41. The largest absolute Gasteiger partial charge is 0.453 e. The molecule has 3 N–H and O–H groups in total.